The van der Waals surface area contributed by atoms with E-state index in [-0.39, 0.29) is 11.9 Å². The second kappa shape index (κ2) is 6.24. The lowest BCUT2D eigenvalue weighted by Crippen LogP contribution is -2.31. The van der Waals surface area contributed by atoms with E-state index in [0.717, 1.165) is 22.7 Å². The summed E-state index contributed by atoms with van der Waals surface area (Å²) in [6.07, 6.45) is 2.09. The normalized spacial score (nSPS) is 18.6. The predicted octanol–water partition coefficient (Wildman–Crippen LogP) is 2.74. The van der Waals surface area contributed by atoms with E-state index in [2.05, 4.69) is 28.7 Å². The van der Waals surface area contributed by atoms with Crippen molar-refractivity contribution in [1.82, 2.24) is 5.32 Å². The average Bonchev–Trinajstić information content (AvgIpc) is 2.71. The Labute approximate surface area is 129 Å². The largest absolute Gasteiger partial charge is 0.370 e. The summed E-state index contributed by atoms with van der Waals surface area (Å²) >= 11 is 8.21. The molecule has 1 aromatic rings. The number of thioether (sulfide) groups is 1. The molecule has 0 saturated carbocycles. The Morgan fingerprint density at radius 2 is 2.25 bits per heavy atom. The van der Waals surface area contributed by atoms with Crippen LogP contribution in [0.25, 0.3) is 0 Å². The summed E-state index contributed by atoms with van der Waals surface area (Å²) < 4.78 is 0. The number of carbonyl (C=O) groups excluding carboxylic acids is 1. The number of likely N-dealkylation sites (N-methyl/N-ethyl adjacent to an activating group) is 1. The molecule has 0 fully saturated rings. The van der Waals surface area contributed by atoms with Crippen LogP contribution in [0.15, 0.2) is 12.1 Å². The van der Waals surface area contributed by atoms with Crippen LogP contribution >= 0.6 is 23.4 Å². The third-order valence-corrected chi connectivity index (χ3v) is 4.81. The van der Waals surface area contributed by atoms with Gasteiger partial charge in [-0.05, 0) is 32.4 Å². The lowest BCUT2D eigenvalue weighted by atomic mass is 10.1. The van der Waals surface area contributed by atoms with Crippen LogP contribution in [0.2, 0.25) is 5.02 Å². The molecule has 2 rings (SSSR count). The summed E-state index contributed by atoms with van der Waals surface area (Å²) in [6, 6.07) is 3.90. The minimum absolute atomic E-state index is 0.0319. The highest BCUT2D eigenvalue weighted by molar-refractivity contribution is 7.98. The van der Waals surface area contributed by atoms with E-state index in [1.807, 2.05) is 19.2 Å². The second-order valence-corrected chi connectivity index (χ2v) is 6.33. The molecule has 1 heterocycles. The Balaban J connectivity index is 2.35. The molecule has 1 aliphatic heterocycles. The molecule has 1 aromatic carbocycles. The molecular weight excluding hydrogens is 294 g/mol. The fourth-order valence-electron chi connectivity index (χ4n) is 2.42. The first-order valence-corrected chi connectivity index (χ1v) is 8.30. The maximum Gasteiger partial charge on any atom is 0.246 e. The zero-order chi connectivity index (χ0) is 14.9. The number of fused-ring (bicyclic) bond motifs is 1. The molecule has 2 unspecified atom stereocenters. The van der Waals surface area contributed by atoms with E-state index in [9.17, 15) is 4.79 Å². The zero-order valence-corrected chi connectivity index (χ0v) is 13.7. The van der Waals surface area contributed by atoms with Crippen molar-refractivity contribution >= 4 is 40.6 Å². The second-order valence-electron chi connectivity index (χ2n) is 5.02. The molecule has 0 aromatic heterocycles. The number of hydrogen-bond donors (Lipinski definition) is 2. The molecular formula is C14H20ClN3OS. The predicted molar refractivity (Wildman–Crippen MR) is 88.1 cm³/mol. The molecule has 0 saturated heterocycles. The summed E-state index contributed by atoms with van der Waals surface area (Å²) in [5.74, 6) is 0.991. The van der Waals surface area contributed by atoms with Gasteiger partial charge in [-0.25, -0.2) is 0 Å². The number of rotatable bonds is 5. The number of benzene rings is 1. The minimum atomic E-state index is -0.314. The van der Waals surface area contributed by atoms with Crippen molar-refractivity contribution in [2.24, 2.45) is 0 Å². The topological polar surface area (TPSA) is 44.4 Å². The van der Waals surface area contributed by atoms with Crippen LogP contribution in [0.5, 0.6) is 0 Å². The SMILES string of the molecule is CNC1C(=O)Nc2cc(N(C)C(C)CSC)c(Cl)cc21. The summed E-state index contributed by atoms with van der Waals surface area (Å²) in [6.45, 7) is 2.16. The van der Waals surface area contributed by atoms with Crippen molar-refractivity contribution in [2.45, 2.75) is 19.0 Å². The van der Waals surface area contributed by atoms with Gasteiger partial charge in [-0.3, -0.25) is 4.79 Å². The van der Waals surface area contributed by atoms with Crippen LogP contribution in [0.3, 0.4) is 0 Å². The summed E-state index contributed by atoms with van der Waals surface area (Å²) in [5, 5.41) is 6.58. The number of halogens is 1. The van der Waals surface area contributed by atoms with Crippen LogP contribution in [0.4, 0.5) is 11.4 Å². The van der Waals surface area contributed by atoms with Crippen molar-refractivity contribution in [3.05, 3.63) is 22.7 Å². The molecule has 0 spiro atoms. The summed E-state index contributed by atoms with van der Waals surface area (Å²) in [5.41, 5.74) is 2.71. The van der Waals surface area contributed by atoms with Crippen molar-refractivity contribution in [2.75, 3.05) is 36.3 Å². The third kappa shape index (κ3) is 2.75. The smallest absolute Gasteiger partial charge is 0.246 e. The van der Waals surface area contributed by atoms with Gasteiger partial charge in [0.1, 0.15) is 6.04 Å². The van der Waals surface area contributed by atoms with Crippen molar-refractivity contribution < 1.29 is 4.79 Å². The van der Waals surface area contributed by atoms with Gasteiger partial charge in [0.2, 0.25) is 5.91 Å². The van der Waals surface area contributed by atoms with Crippen molar-refractivity contribution in [3.8, 4) is 0 Å². The molecule has 4 nitrogen and oxygen atoms in total. The van der Waals surface area contributed by atoms with Crippen molar-refractivity contribution in [3.63, 3.8) is 0 Å². The van der Waals surface area contributed by atoms with Gasteiger partial charge < -0.3 is 15.5 Å². The summed E-state index contributed by atoms with van der Waals surface area (Å²) in [7, 11) is 3.80. The highest BCUT2D eigenvalue weighted by Gasteiger charge is 2.30. The van der Waals surface area contributed by atoms with Crippen LogP contribution in [0, 0.1) is 0 Å². The average molecular weight is 314 g/mol. The van der Waals surface area contributed by atoms with Gasteiger partial charge in [-0.1, -0.05) is 11.6 Å². The Morgan fingerprint density at radius 1 is 1.55 bits per heavy atom. The first-order valence-electron chi connectivity index (χ1n) is 6.53. The first kappa shape index (κ1) is 15.5. The standard InChI is InChI=1S/C14H20ClN3OS/c1-8(7-20-4)18(3)12-6-11-9(5-10(12)15)13(16-2)14(19)17-11/h5-6,8,13,16H,7H2,1-4H3,(H,17,19). The van der Waals surface area contributed by atoms with E-state index in [0.29, 0.717) is 11.1 Å². The quantitative estimate of drug-likeness (QED) is 0.877. The lowest BCUT2D eigenvalue weighted by molar-refractivity contribution is -0.117. The molecule has 2 atom stereocenters. The van der Waals surface area contributed by atoms with E-state index in [1.54, 1.807) is 18.8 Å². The minimum Gasteiger partial charge on any atom is -0.370 e. The number of amides is 1. The number of carbonyl (C=O) groups is 1. The van der Waals surface area contributed by atoms with Crippen molar-refractivity contribution in [1.29, 1.82) is 0 Å². The lowest BCUT2D eigenvalue weighted by Gasteiger charge is -2.28. The van der Waals surface area contributed by atoms with E-state index >= 15 is 0 Å². The first-order chi connectivity index (χ1) is 9.49. The Hall–Kier alpha value is -0.910. The Morgan fingerprint density at radius 3 is 2.85 bits per heavy atom. The fourth-order valence-corrected chi connectivity index (χ4v) is 3.43. The number of nitrogens with one attached hydrogen (secondary N) is 2. The molecule has 0 radical (unpaired) electrons. The number of nitrogens with zero attached hydrogens (tertiary/aromatic N) is 1. The zero-order valence-electron chi connectivity index (χ0n) is 12.2. The van der Waals surface area contributed by atoms with Gasteiger partial charge in [0.25, 0.3) is 0 Å². The molecule has 1 amide bonds. The van der Waals surface area contributed by atoms with E-state index < -0.39 is 0 Å². The van der Waals surface area contributed by atoms with Gasteiger partial charge in [-0.2, -0.15) is 11.8 Å². The van der Waals surface area contributed by atoms with Gasteiger partial charge in [0.05, 0.1) is 10.7 Å². The van der Waals surface area contributed by atoms with E-state index in [4.69, 9.17) is 11.6 Å². The maximum atomic E-state index is 11.9. The molecule has 6 heteroatoms. The monoisotopic (exact) mass is 313 g/mol. The van der Waals surface area contributed by atoms with Gasteiger partial charge in [-0.15, -0.1) is 0 Å². The van der Waals surface area contributed by atoms with Gasteiger partial charge in [0, 0.05) is 30.1 Å². The third-order valence-electron chi connectivity index (χ3n) is 3.69. The van der Waals surface area contributed by atoms with Crippen LogP contribution in [0.1, 0.15) is 18.5 Å². The van der Waals surface area contributed by atoms with Crippen LogP contribution in [-0.2, 0) is 4.79 Å². The number of hydrogen-bond acceptors (Lipinski definition) is 4. The maximum absolute atomic E-state index is 11.9. The molecule has 2 N–H and O–H groups in total. The Kier molecular flexibility index (Phi) is 4.83. The van der Waals surface area contributed by atoms with Crippen LogP contribution in [-0.4, -0.2) is 38.1 Å². The molecule has 1 aliphatic rings. The van der Waals surface area contributed by atoms with Gasteiger partial charge >= 0.3 is 0 Å². The summed E-state index contributed by atoms with van der Waals surface area (Å²) in [4.78, 5) is 14.0. The highest BCUT2D eigenvalue weighted by atomic mass is 35.5. The number of anilines is 2. The molecule has 110 valence electrons. The molecule has 0 bridgehead atoms. The fraction of sp³-hybridized carbons (Fsp3) is 0.500. The highest BCUT2D eigenvalue weighted by Crippen LogP contribution is 2.39. The van der Waals surface area contributed by atoms with E-state index in [1.165, 1.54) is 0 Å². The molecule has 0 aliphatic carbocycles. The van der Waals surface area contributed by atoms with Gasteiger partial charge in [0.15, 0.2) is 0 Å². The Bertz CT molecular complexity index is 523. The molecule has 20 heavy (non-hydrogen) atoms. The van der Waals surface area contributed by atoms with Crippen LogP contribution < -0.4 is 15.5 Å².